The molecule has 0 aliphatic rings. The minimum atomic E-state index is -1.70. The van der Waals surface area contributed by atoms with Crippen molar-refractivity contribution in [3.05, 3.63) is 23.8 Å². The van der Waals surface area contributed by atoms with Crippen molar-refractivity contribution in [1.82, 2.24) is 0 Å². The minimum Gasteiger partial charge on any atom is -0.504 e. The van der Waals surface area contributed by atoms with Crippen LogP contribution in [0, 0.1) is 5.92 Å². The van der Waals surface area contributed by atoms with E-state index in [9.17, 15) is 24.9 Å². The van der Waals surface area contributed by atoms with Gasteiger partial charge < -0.3 is 25.8 Å². The van der Waals surface area contributed by atoms with E-state index in [0.29, 0.717) is 12.0 Å². The number of aliphatic carboxylic acids is 1. The highest BCUT2D eigenvalue weighted by atomic mass is 16.5. The topological polar surface area (TPSA) is 130 Å². The molecule has 1 aromatic rings. The first-order chi connectivity index (χ1) is 12.6. The number of carbonyl (C=O) groups excluding carboxylic acids is 1. The first-order valence-electron chi connectivity index (χ1n) is 9.34. The van der Waals surface area contributed by atoms with Crippen molar-refractivity contribution in [2.75, 3.05) is 0 Å². The van der Waals surface area contributed by atoms with Gasteiger partial charge >= 0.3 is 11.9 Å². The lowest BCUT2D eigenvalue weighted by Gasteiger charge is -2.35. The molecule has 0 aliphatic heterocycles. The molecule has 0 radical (unpaired) electrons. The van der Waals surface area contributed by atoms with Gasteiger partial charge in [0.1, 0.15) is 11.6 Å². The molecule has 0 aliphatic carbocycles. The van der Waals surface area contributed by atoms with E-state index >= 15 is 0 Å². The summed E-state index contributed by atoms with van der Waals surface area (Å²) < 4.78 is 5.40. The monoisotopic (exact) mass is 381 g/mol. The maximum atomic E-state index is 12.0. The van der Waals surface area contributed by atoms with E-state index < -0.39 is 23.5 Å². The summed E-state index contributed by atoms with van der Waals surface area (Å²) in [6.45, 7) is 5.35. The molecule has 152 valence electrons. The van der Waals surface area contributed by atoms with Crippen LogP contribution >= 0.6 is 0 Å². The van der Waals surface area contributed by atoms with Crippen molar-refractivity contribution < 1.29 is 29.6 Å². The summed E-state index contributed by atoms with van der Waals surface area (Å²) in [6, 6.07) is 4.05. The molecule has 1 rings (SSSR count). The van der Waals surface area contributed by atoms with Crippen LogP contribution in [0.25, 0.3) is 0 Å². The maximum Gasteiger partial charge on any atom is 0.324 e. The van der Waals surface area contributed by atoms with Crippen LogP contribution in [-0.2, 0) is 20.7 Å². The zero-order valence-electron chi connectivity index (χ0n) is 16.3. The molecule has 0 fully saturated rings. The summed E-state index contributed by atoms with van der Waals surface area (Å²) in [5.74, 6) is -2.91. The number of esters is 1. The molecule has 0 aromatic heterocycles. The number of carbonyl (C=O) groups is 2. The number of unbranched alkanes of at least 4 members (excludes halogenated alkanes) is 3. The number of phenols is 2. The second-order valence-electron chi connectivity index (χ2n) is 7.14. The molecule has 0 saturated heterocycles. The second-order valence-corrected chi connectivity index (χ2v) is 7.14. The fourth-order valence-electron chi connectivity index (χ4n) is 2.93. The van der Waals surface area contributed by atoms with E-state index in [1.165, 1.54) is 18.2 Å². The summed E-state index contributed by atoms with van der Waals surface area (Å²) in [5.41, 5.74) is 4.94. The van der Waals surface area contributed by atoms with Crippen LogP contribution in [0.5, 0.6) is 11.5 Å². The molecule has 27 heavy (non-hydrogen) atoms. The smallest absolute Gasteiger partial charge is 0.324 e. The zero-order chi connectivity index (χ0) is 20.6. The Bertz CT molecular complexity index is 647. The fourth-order valence-corrected chi connectivity index (χ4v) is 2.93. The number of nitrogens with two attached hydrogens (primary N) is 1. The zero-order valence-corrected chi connectivity index (χ0v) is 16.3. The van der Waals surface area contributed by atoms with Crippen molar-refractivity contribution in [2.24, 2.45) is 11.7 Å². The number of hydrogen-bond donors (Lipinski definition) is 4. The van der Waals surface area contributed by atoms with Gasteiger partial charge in [0.2, 0.25) is 0 Å². The SMILES string of the molecule is CCCCCCC(=O)O[C@@H](C)[C@@H](C)[C@](N)(Cc1ccc(O)c(O)c1)C(=O)O. The normalized spacial score (nSPS) is 15.6. The summed E-state index contributed by atoms with van der Waals surface area (Å²) in [6.07, 6.45) is 3.36. The van der Waals surface area contributed by atoms with Crippen LogP contribution in [0.1, 0.15) is 58.4 Å². The summed E-state index contributed by atoms with van der Waals surface area (Å²) >= 11 is 0. The van der Waals surface area contributed by atoms with Gasteiger partial charge in [-0.15, -0.1) is 0 Å². The van der Waals surface area contributed by atoms with Gasteiger partial charge in [-0.1, -0.05) is 39.2 Å². The van der Waals surface area contributed by atoms with Gasteiger partial charge in [0, 0.05) is 18.8 Å². The summed E-state index contributed by atoms with van der Waals surface area (Å²) in [7, 11) is 0. The molecule has 0 spiro atoms. The summed E-state index contributed by atoms with van der Waals surface area (Å²) in [4.78, 5) is 23.9. The predicted molar refractivity (Wildman–Crippen MR) is 102 cm³/mol. The van der Waals surface area contributed by atoms with Crippen LogP contribution < -0.4 is 5.73 Å². The third-order valence-corrected chi connectivity index (χ3v) is 5.00. The van der Waals surface area contributed by atoms with Crippen LogP contribution in [0.3, 0.4) is 0 Å². The molecular weight excluding hydrogens is 350 g/mol. The average molecular weight is 381 g/mol. The quantitative estimate of drug-likeness (QED) is 0.263. The van der Waals surface area contributed by atoms with Crippen molar-refractivity contribution in [2.45, 2.75) is 70.9 Å². The van der Waals surface area contributed by atoms with Crippen LogP contribution in [0.4, 0.5) is 0 Å². The van der Waals surface area contributed by atoms with E-state index in [0.717, 1.165) is 25.7 Å². The Morgan fingerprint density at radius 3 is 2.37 bits per heavy atom. The Labute approximate surface area is 160 Å². The Hall–Kier alpha value is -2.28. The first-order valence-corrected chi connectivity index (χ1v) is 9.34. The van der Waals surface area contributed by atoms with E-state index in [-0.39, 0.29) is 23.9 Å². The Balaban J connectivity index is 2.80. The molecule has 0 amide bonds. The number of ether oxygens (including phenoxy) is 1. The number of hydrogen-bond acceptors (Lipinski definition) is 6. The number of rotatable bonds is 11. The lowest BCUT2D eigenvalue weighted by Crippen LogP contribution is -2.58. The average Bonchev–Trinajstić information content (AvgIpc) is 2.60. The third kappa shape index (κ3) is 6.43. The minimum absolute atomic E-state index is 0.0876. The van der Waals surface area contributed by atoms with Gasteiger partial charge in [0.25, 0.3) is 0 Å². The van der Waals surface area contributed by atoms with E-state index in [1.807, 2.05) is 0 Å². The molecule has 0 unspecified atom stereocenters. The number of carboxylic acid groups (broad SMARTS) is 1. The Morgan fingerprint density at radius 2 is 1.81 bits per heavy atom. The lowest BCUT2D eigenvalue weighted by atomic mass is 9.78. The van der Waals surface area contributed by atoms with Gasteiger partial charge in [-0.2, -0.15) is 0 Å². The molecule has 7 nitrogen and oxygen atoms in total. The largest absolute Gasteiger partial charge is 0.504 e. The molecule has 5 N–H and O–H groups in total. The highest BCUT2D eigenvalue weighted by molar-refractivity contribution is 5.79. The lowest BCUT2D eigenvalue weighted by molar-refractivity contribution is -0.157. The molecule has 3 atom stereocenters. The Morgan fingerprint density at radius 1 is 1.15 bits per heavy atom. The molecule has 0 bridgehead atoms. The van der Waals surface area contributed by atoms with Gasteiger partial charge in [0.15, 0.2) is 11.5 Å². The van der Waals surface area contributed by atoms with Crippen molar-refractivity contribution in [1.29, 1.82) is 0 Å². The second kappa shape index (κ2) is 10.2. The molecular formula is C20H31NO6. The number of aromatic hydroxyl groups is 2. The fraction of sp³-hybridized carbons (Fsp3) is 0.600. The number of carboxylic acids is 1. The molecule has 0 heterocycles. The molecule has 1 aromatic carbocycles. The first kappa shape index (κ1) is 22.8. The predicted octanol–water partition coefficient (Wildman–Crippen LogP) is 2.96. The van der Waals surface area contributed by atoms with E-state index in [2.05, 4.69) is 6.92 Å². The summed E-state index contributed by atoms with van der Waals surface area (Å²) in [5, 5.41) is 28.7. The van der Waals surface area contributed by atoms with Crippen molar-refractivity contribution in [3.63, 3.8) is 0 Å². The van der Waals surface area contributed by atoms with Crippen LogP contribution in [0.2, 0.25) is 0 Å². The molecule has 7 heteroatoms. The van der Waals surface area contributed by atoms with E-state index in [1.54, 1.807) is 13.8 Å². The molecule has 0 saturated carbocycles. The van der Waals surface area contributed by atoms with Crippen LogP contribution in [-0.4, -0.2) is 38.9 Å². The Kier molecular flexibility index (Phi) is 8.56. The van der Waals surface area contributed by atoms with E-state index in [4.69, 9.17) is 10.5 Å². The van der Waals surface area contributed by atoms with Gasteiger partial charge in [0.05, 0.1) is 0 Å². The van der Waals surface area contributed by atoms with Crippen molar-refractivity contribution >= 4 is 11.9 Å². The number of benzene rings is 1. The maximum absolute atomic E-state index is 12.0. The standard InChI is InChI=1S/C20H31NO6/c1-4-5-6-7-8-18(24)27-14(3)13(2)20(21,19(25)26)12-15-9-10-16(22)17(23)11-15/h9-11,13-14,22-23H,4-8,12,21H2,1-3H3,(H,25,26)/t13-,14+,20-/m1/s1. The highest BCUT2D eigenvalue weighted by Crippen LogP contribution is 2.30. The van der Waals surface area contributed by atoms with Crippen LogP contribution in [0.15, 0.2) is 18.2 Å². The van der Waals surface area contributed by atoms with Gasteiger partial charge in [-0.25, -0.2) is 0 Å². The van der Waals surface area contributed by atoms with Gasteiger partial charge in [-0.05, 0) is 31.0 Å². The highest BCUT2D eigenvalue weighted by Gasteiger charge is 2.43. The third-order valence-electron chi connectivity index (χ3n) is 5.00. The number of phenolic OH excluding ortho intramolecular Hbond substituents is 2. The van der Waals surface area contributed by atoms with Crippen molar-refractivity contribution in [3.8, 4) is 11.5 Å². The van der Waals surface area contributed by atoms with Gasteiger partial charge in [-0.3, -0.25) is 9.59 Å².